The first kappa shape index (κ1) is 10.2. The topological polar surface area (TPSA) is 0 Å². The van der Waals surface area contributed by atoms with Gasteiger partial charge < -0.3 is 0 Å². The molecule has 0 heteroatoms. The molecule has 0 atom stereocenters. The Hall–Kier alpha value is -1.84. The van der Waals surface area contributed by atoms with Gasteiger partial charge in [0, 0.05) is 6.42 Å². The molecule has 12 heavy (non-hydrogen) atoms. The predicted molar refractivity (Wildman–Crippen MR) is 53.0 cm³/mol. The van der Waals surface area contributed by atoms with Crippen LogP contribution in [-0.2, 0) is 0 Å². The monoisotopic (exact) mass is 154 g/mol. The molecule has 0 saturated heterocycles. The Labute approximate surface area is 74.4 Å². The second-order valence-electron chi connectivity index (χ2n) is 1.85. The molecule has 0 heterocycles. The maximum Gasteiger partial charge on any atom is 0.0710 e. The van der Waals surface area contributed by atoms with E-state index in [0.717, 1.165) is 0 Å². The van der Waals surface area contributed by atoms with Gasteiger partial charge in [-0.1, -0.05) is 42.6 Å². The lowest BCUT2D eigenvalue weighted by Gasteiger charge is -1.71. The normalized spacial score (nSPS) is 7.25. The minimum atomic E-state index is 0.469. The van der Waals surface area contributed by atoms with Crippen LogP contribution in [0.4, 0.5) is 0 Å². The minimum absolute atomic E-state index is 0.469. The molecule has 0 N–H and O–H groups in total. The number of allylic oxidation sites excluding steroid dienone is 3. The highest BCUT2D eigenvalue weighted by atomic mass is 13.7. The van der Waals surface area contributed by atoms with E-state index in [9.17, 15) is 0 Å². The van der Waals surface area contributed by atoms with Gasteiger partial charge in [-0.05, 0) is 11.8 Å². The van der Waals surface area contributed by atoms with Gasteiger partial charge in [-0.2, -0.15) is 0 Å². The SMILES string of the molecule is C#CCC#CC#CC/C=C\C=C. The van der Waals surface area contributed by atoms with Crippen LogP contribution in [0.5, 0.6) is 0 Å². The largest absolute Gasteiger partial charge is 0.119 e. The molecule has 0 aromatic carbocycles. The van der Waals surface area contributed by atoms with E-state index in [1.807, 2.05) is 12.2 Å². The molecular formula is C12H10. The Morgan fingerprint density at radius 3 is 2.67 bits per heavy atom. The highest BCUT2D eigenvalue weighted by Crippen LogP contribution is 1.79. The molecule has 0 rings (SSSR count). The summed E-state index contributed by atoms with van der Waals surface area (Å²) in [4.78, 5) is 0. The van der Waals surface area contributed by atoms with Gasteiger partial charge in [0.05, 0.1) is 6.42 Å². The van der Waals surface area contributed by atoms with Crippen LogP contribution < -0.4 is 0 Å². The summed E-state index contributed by atoms with van der Waals surface area (Å²) in [6.45, 7) is 3.53. The van der Waals surface area contributed by atoms with Crippen molar-refractivity contribution in [3.63, 3.8) is 0 Å². The van der Waals surface area contributed by atoms with Crippen molar-refractivity contribution in [1.82, 2.24) is 0 Å². The number of rotatable bonds is 2. The molecular weight excluding hydrogens is 144 g/mol. The number of hydrogen-bond acceptors (Lipinski definition) is 0. The zero-order valence-corrected chi connectivity index (χ0v) is 6.93. The van der Waals surface area contributed by atoms with E-state index >= 15 is 0 Å². The van der Waals surface area contributed by atoms with Gasteiger partial charge in [0.15, 0.2) is 0 Å². The van der Waals surface area contributed by atoms with Crippen molar-refractivity contribution in [2.24, 2.45) is 0 Å². The highest BCUT2D eigenvalue weighted by Gasteiger charge is 1.64. The van der Waals surface area contributed by atoms with Crippen LogP contribution >= 0.6 is 0 Å². The summed E-state index contributed by atoms with van der Waals surface area (Å²) in [6.07, 6.45) is 11.6. The van der Waals surface area contributed by atoms with Crippen LogP contribution in [0, 0.1) is 36.0 Å². The molecule has 0 aliphatic carbocycles. The Morgan fingerprint density at radius 1 is 1.25 bits per heavy atom. The first-order chi connectivity index (χ1) is 5.91. The average molecular weight is 154 g/mol. The molecule has 0 aromatic heterocycles. The van der Waals surface area contributed by atoms with Crippen LogP contribution in [0.1, 0.15) is 12.8 Å². The first-order valence-electron chi connectivity index (χ1n) is 3.58. The molecule has 0 saturated carbocycles. The number of hydrogen-bond donors (Lipinski definition) is 0. The highest BCUT2D eigenvalue weighted by molar-refractivity contribution is 5.28. The van der Waals surface area contributed by atoms with Gasteiger partial charge >= 0.3 is 0 Å². The third-order valence-corrected chi connectivity index (χ3v) is 0.922. The zero-order chi connectivity index (χ0) is 9.07. The van der Waals surface area contributed by atoms with Crippen LogP contribution in [0.2, 0.25) is 0 Å². The standard InChI is InChI=1S/C12H10/c1-3-5-7-9-11-12-10-8-6-4-2/h1,4,6,8H,2,5,10H2/b8-6-. The maximum atomic E-state index is 4.99. The van der Waals surface area contributed by atoms with Gasteiger partial charge in [-0.15, -0.1) is 6.42 Å². The molecule has 0 fully saturated rings. The van der Waals surface area contributed by atoms with Crippen LogP contribution in [0.15, 0.2) is 24.8 Å². The number of terminal acetylenes is 1. The van der Waals surface area contributed by atoms with Crippen molar-refractivity contribution >= 4 is 0 Å². The second kappa shape index (κ2) is 9.16. The molecule has 0 aliphatic heterocycles. The van der Waals surface area contributed by atoms with E-state index in [2.05, 4.69) is 36.2 Å². The van der Waals surface area contributed by atoms with E-state index in [-0.39, 0.29) is 0 Å². The lowest BCUT2D eigenvalue weighted by molar-refractivity contribution is 1.47. The van der Waals surface area contributed by atoms with Crippen molar-refractivity contribution in [3.05, 3.63) is 24.8 Å². The molecule has 0 radical (unpaired) electrons. The summed E-state index contributed by atoms with van der Waals surface area (Å²) in [7, 11) is 0. The summed E-state index contributed by atoms with van der Waals surface area (Å²) in [5, 5.41) is 0. The van der Waals surface area contributed by atoms with Crippen molar-refractivity contribution in [1.29, 1.82) is 0 Å². The quantitative estimate of drug-likeness (QED) is 0.422. The fourth-order valence-corrected chi connectivity index (χ4v) is 0.458. The van der Waals surface area contributed by atoms with Crippen molar-refractivity contribution in [3.8, 4) is 36.0 Å². The van der Waals surface area contributed by atoms with Crippen molar-refractivity contribution in [2.45, 2.75) is 12.8 Å². The Balaban J connectivity index is 3.63. The summed E-state index contributed by atoms with van der Waals surface area (Å²) < 4.78 is 0. The maximum absolute atomic E-state index is 4.99. The lowest BCUT2D eigenvalue weighted by atomic mass is 10.3. The van der Waals surface area contributed by atoms with Gasteiger partial charge in [0.25, 0.3) is 0 Å². The molecule has 0 aromatic rings. The van der Waals surface area contributed by atoms with E-state index in [4.69, 9.17) is 6.42 Å². The Morgan fingerprint density at radius 2 is 2.00 bits per heavy atom. The van der Waals surface area contributed by atoms with Crippen LogP contribution in [-0.4, -0.2) is 0 Å². The van der Waals surface area contributed by atoms with Crippen molar-refractivity contribution < 1.29 is 0 Å². The second-order valence-corrected chi connectivity index (χ2v) is 1.85. The zero-order valence-electron chi connectivity index (χ0n) is 6.93. The van der Waals surface area contributed by atoms with E-state index in [1.165, 1.54) is 0 Å². The van der Waals surface area contributed by atoms with E-state index in [0.29, 0.717) is 12.8 Å². The third-order valence-electron chi connectivity index (χ3n) is 0.922. The van der Waals surface area contributed by atoms with E-state index < -0.39 is 0 Å². The fourth-order valence-electron chi connectivity index (χ4n) is 0.458. The predicted octanol–water partition coefficient (Wildman–Crippen LogP) is 2.15. The van der Waals surface area contributed by atoms with Gasteiger partial charge in [-0.3, -0.25) is 0 Å². The molecule has 0 amide bonds. The smallest absolute Gasteiger partial charge is 0.0710 e. The Kier molecular flexibility index (Phi) is 7.76. The third kappa shape index (κ3) is 8.16. The Bertz CT molecular complexity index is 302. The molecule has 58 valence electrons. The summed E-state index contributed by atoms with van der Waals surface area (Å²) in [6, 6.07) is 0. The minimum Gasteiger partial charge on any atom is -0.119 e. The van der Waals surface area contributed by atoms with Gasteiger partial charge in [0.2, 0.25) is 0 Å². The summed E-state index contributed by atoms with van der Waals surface area (Å²) in [5.41, 5.74) is 0. The van der Waals surface area contributed by atoms with E-state index in [1.54, 1.807) is 6.08 Å². The molecule has 0 aliphatic rings. The summed E-state index contributed by atoms with van der Waals surface area (Å²) in [5.74, 6) is 13.3. The first-order valence-corrected chi connectivity index (χ1v) is 3.58. The molecule has 0 unspecified atom stereocenters. The van der Waals surface area contributed by atoms with Crippen LogP contribution in [0.25, 0.3) is 0 Å². The lowest BCUT2D eigenvalue weighted by Crippen LogP contribution is -1.59. The molecule has 0 spiro atoms. The van der Waals surface area contributed by atoms with Gasteiger partial charge in [-0.25, -0.2) is 0 Å². The van der Waals surface area contributed by atoms with Gasteiger partial charge in [0.1, 0.15) is 0 Å². The van der Waals surface area contributed by atoms with Crippen molar-refractivity contribution in [2.75, 3.05) is 0 Å². The molecule has 0 nitrogen and oxygen atoms in total. The molecule has 0 bridgehead atoms. The fraction of sp³-hybridized carbons (Fsp3) is 0.167. The average Bonchev–Trinajstić information content (AvgIpc) is 2.10. The summed E-state index contributed by atoms with van der Waals surface area (Å²) >= 11 is 0. The van der Waals surface area contributed by atoms with Crippen LogP contribution in [0.3, 0.4) is 0 Å².